The smallest absolute Gasteiger partial charge is 0.311 e. The van der Waals surface area contributed by atoms with E-state index in [9.17, 15) is 4.79 Å². The molecular formula is C16H16N6O2. The Morgan fingerprint density at radius 1 is 1.29 bits per heavy atom. The summed E-state index contributed by atoms with van der Waals surface area (Å²) in [7, 11) is 1.57. The molecule has 0 radical (unpaired) electrons. The summed E-state index contributed by atoms with van der Waals surface area (Å²) < 4.78 is 6.73. The predicted molar refractivity (Wildman–Crippen MR) is 88.3 cm³/mol. The molecule has 8 nitrogen and oxygen atoms in total. The van der Waals surface area contributed by atoms with Crippen LogP contribution in [0.5, 0.6) is 5.75 Å². The molecule has 0 atom stereocenters. The summed E-state index contributed by atoms with van der Waals surface area (Å²) >= 11 is 0. The van der Waals surface area contributed by atoms with E-state index in [0.29, 0.717) is 11.5 Å². The Kier molecular flexibility index (Phi) is 4.19. The maximum absolute atomic E-state index is 12.1. The van der Waals surface area contributed by atoms with Crippen molar-refractivity contribution in [1.82, 2.24) is 25.0 Å². The van der Waals surface area contributed by atoms with E-state index < -0.39 is 5.91 Å². The molecule has 0 unspecified atom stereocenters. The molecule has 0 aliphatic carbocycles. The van der Waals surface area contributed by atoms with Crippen molar-refractivity contribution < 1.29 is 9.53 Å². The summed E-state index contributed by atoms with van der Waals surface area (Å²) in [6.07, 6.45) is 1.50. The van der Waals surface area contributed by atoms with Gasteiger partial charge in [0.25, 0.3) is 5.78 Å². The lowest BCUT2D eigenvalue weighted by molar-refractivity contribution is 0.0945. The van der Waals surface area contributed by atoms with Gasteiger partial charge in [0.2, 0.25) is 5.82 Å². The van der Waals surface area contributed by atoms with Crippen LogP contribution in [0.2, 0.25) is 0 Å². The van der Waals surface area contributed by atoms with Crippen LogP contribution in [0.15, 0.2) is 35.4 Å². The van der Waals surface area contributed by atoms with E-state index in [1.54, 1.807) is 7.11 Å². The molecule has 0 saturated heterocycles. The Bertz CT molecular complexity index is 931. The van der Waals surface area contributed by atoms with Crippen LogP contribution in [0.1, 0.15) is 27.6 Å². The summed E-state index contributed by atoms with van der Waals surface area (Å²) in [5, 5.41) is 8.07. The van der Waals surface area contributed by atoms with Gasteiger partial charge < -0.3 is 4.74 Å². The van der Waals surface area contributed by atoms with Gasteiger partial charge in [-0.2, -0.15) is 10.1 Å². The lowest BCUT2D eigenvalue weighted by Gasteiger charge is -2.02. The highest BCUT2D eigenvalue weighted by molar-refractivity contribution is 5.92. The van der Waals surface area contributed by atoms with Crippen molar-refractivity contribution in [1.29, 1.82) is 0 Å². The monoisotopic (exact) mass is 324 g/mol. The number of para-hydroxylation sites is 1. The minimum absolute atomic E-state index is 0.00776. The minimum Gasteiger partial charge on any atom is -0.496 e. The summed E-state index contributed by atoms with van der Waals surface area (Å²) in [4.78, 5) is 20.5. The second-order valence-electron chi connectivity index (χ2n) is 5.13. The van der Waals surface area contributed by atoms with Gasteiger partial charge in [-0.1, -0.05) is 12.1 Å². The van der Waals surface area contributed by atoms with E-state index in [0.717, 1.165) is 17.0 Å². The van der Waals surface area contributed by atoms with E-state index >= 15 is 0 Å². The number of ether oxygens (including phenoxy) is 1. The number of benzene rings is 1. The first-order valence-electron chi connectivity index (χ1n) is 7.26. The molecule has 0 bridgehead atoms. The third-order valence-corrected chi connectivity index (χ3v) is 3.33. The Morgan fingerprint density at radius 3 is 2.88 bits per heavy atom. The number of aryl methyl sites for hydroxylation is 2. The van der Waals surface area contributed by atoms with Crippen LogP contribution in [0.3, 0.4) is 0 Å². The maximum Gasteiger partial charge on any atom is 0.311 e. The number of hydrogen-bond acceptors (Lipinski definition) is 6. The van der Waals surface area contributed by atoms with Gasteiger partial charge in [-0.15, -0.1) is 5.10 Å². The zero-order chi connectivity index (χ0) is 17.1. The van der Waals surface area contributed by atoms with Crippen LogP contribution in [-0.4, -0.2) is 38.8 Å². The molecule has 0 fully saturated rings. The SMILES string of the molecule is COc1ccccc1/C=N/NC(=O)c1nc2nc(C)cc(C)n2n1. The van der Waals surface area contributed by atoms with Crippen LogP contribution in [0.25, 0.3) is 5.78 Å². The highest BCUT2D eigenvalue weighted by Crippen LogP contribution is 2.14. The summed E-state index contributed by atoms with van der Waals surface area (Å²) in [6.45, 7) is 3.73. The standard InChI is InChI=1S/C16H16N6O2/c1-10-8-11(2)22-16(18-10)19-14(21-22)15(23)20-17-9-12-6-4-5-7-13(12)24-3/h4-9H,1-3H3,(H,20,23)/b17-9+. The lowest BCUT2D eigenvalue weighted by Crippen LogP contribution is -2.19. The minimum atomic E-state index is -0.510. The number of fused-ring (bicyclic) bond motifs is 1. The van der Waals surface area contributed by atoms with E-state index in [4.69, 9.17) is 4.74 Å². The molecule has 24 heavy (non-hydrogen) atoms. The lowest BCUT2D eigenvalue weighted by atomic mass is 10.2. The van der Waals surface area contributed by atoms with Gasteiger partial charge in [-0.25, -0.2) is 14.9 Å². The number of hydrogen-bond donors (Lipinski definition) is 1. The maximum atomic E-state index is 12.1. The molecule has 0 saturated carbocycles. The molecule has 3 aromatic rings. The Labute approximate surface area is 138 Å². The second-order valence-corrected chi connectivity index (χ2v) is 5.13. The van der Waals surface area contributed by atoms with Crippen molar-refractivity contribution in [3.8, 4) is 5.75 Å². The molecule has 1 N–H and O–H groups in total. The van der Waals surface area contributed by atoms with Gasteiger partial charge in [0.05, 0.1) is 13.3 Å². The number of rotatable bonds is 4. The first-order chi connectivity index (χ1) is 11.6. The van der Waals surface area contributed by atoms with Crippen molar-refractivity contribution >= 4 is 17.9 Å². The fourth-order valence-corrected chi connectivity index (χ4v) is 2.25. The third-order valence-electron chi connectivity index (χ3n) is 3.33. The molecule has 0 aliphatic heterocycles. The first-order valence-corrected chi connectivity index (χ1v) is 7.26. The largest absolute Gasteiger partial charge is 0.496 e. The van der Waals surface area contributed by atoms with Crippen molar-refractivity contribution in [2.45, 2.75) is 13.8 Å². The topological polar surface area (TPSA) is 93.8 Å². The van der Waals surface area contributed by atoms with Crippen LogP contribution in [0, 0.1) is 13.8 Å². The predicted octanol–water partition coefficient (Wildman–Crippen LogP) is 1.51. The molecule has 122 valence electrons. The molecule has 3 rings (SSSR count). The summed E-state index contributed by atoms with van der Waals surface area (Å²) in [5.74, 6) is 0.542. The van der Waals surface area contributed by atoms with E-state index in [2.05, 4.69) is 25.6 Å². The van der Waals surface area contributed by atoms with Crippen molar-refractivity contribution in [3.63, 3.8) is 0 Å². The Hall–Kier alpha value is -3.29. The number of nitrogens with zero attached hydrogens (tertiary/aromatic N) is 5. The average molecular weight is 324 g/mol. The molecule has 1 aromatic carbocycles. The van der Waals surface area contributed by atoms with Gasteiger partial charge >= 0.3 is 5.91 Å². The highest BCUT2D eigenvalue weighted by atomic mass is 16.5. The van der Waals surface area contributed by atoms with E-state index in [-0.39, 0.29) is 5.82 Å². The summed E-state index contributed by atoms with van der Waals surface area (Å²) in [6, 6.07) is 9.21. The fourth-order valence-electron chi connectivity index (χ4n) is 2.25. The van der Waals surface area contributed by atoms with Gasteiger partial charge in [-0.3, -0.25) is 4.79 Å². The van der Waals surface area contributed by atoms with E-state index in [1.807, 2.05) is 44.2 Å². The van der Waals surface area contributed by atoms with Crippen LogP contribution in [-0.2, 0) is 0 Å². The van der Waals surface area contributed by atoms with Gasteiger partial charge in [-0.05, 0) is 32.0 Å². The molecule has 0 aliphatic rings. The molecule has 2 heterocycles. The number of amides is 1. The number of hydrazone groups is 1. The average Bonchev–Trinajstić information content (AvgIpc) is 2.99. The van der Waals surface area contributed by atoms with E-state index in [1.165, 1.54) is 10.7 Å². The number of nitrogens with one attached hydrogen (secondary N) is 1. The highest BCUT2D eigenvalue weighted by Gasteiger charge is 2.14. The molecule has 0 spiro atoms. The molecule has 2 aromatic heterocycles. The van der Waals surface area contributed by atoms with Crippen LogP contribution in [0.4, 0.5) is 0 Å². The number of carbonyl (C=O) groups excluding carboxylic acids is 1. The van der Waals surface area contributed by atoms with Gasteiger partial charge in [0.15, 0.2) is 0 Å². The second kappa shape index (κ2) is 6.45. The number of carbonyl (C=O) groups is 1. The van der Waals surface area contributed by atoms with Gasteiger partial charge in [0.1, 0.15) is 5.75 Å². The zero-order valence-corrected chi connectivity index (χ0v) is 13.5. The first kappa shape index (κ1) is 15.6. The van der Waals surface area contributed by atoms with Crippen LogP contribution >= 0.6 is 0 Å². The summed E-state index contributed by atoms with van der Waals surface area (Å²) in [5.41, 5.74) is 4.81. The van der Waals surface area contributed by atoms with Gasteiger partial charge in [0, 0.05) is 17.0 Å². The fraction of sp³-hybridized carbons (Fsp3) is 0.188. The third kappa shape index (κ3) is 3.07. The van der Waals surface area contributed by atoms with Crippen molar-refractivity contribution in [3.05, 3.63) is 53.1 Å². The zero-order valence-electron chi connectivity index (χ0n) is 13.5. The quantitative estimate of drug-likeness (QED) is 0.580. The Balaban J connectivity index is 1.78. The van der Waals surface area contributed by atoms with Crippen molar-refractivity contribution in [2.75, 3.05) is 7.11 Å². The number of methoxy groups -OCH3 is 1. The van der Waals surface area contributed by atoms with Crippen LogP contribution < -0.4 is 10.2 Å². The number of aromatic nitrogens is 4. The Morgan fingerprint density at radius 2 is 2.08 bits per heavy atom. The molecular weight excluding hydrogens is 308 g/mol. The molecule has 1 amide bonds. The normalized spacial score (nSPS) is 11.1. The van der Waals surface area contributed by atoms with Crippen molar-refractivity contribution in [2.24, 2.45) is 5.10 Å². The molecule has 8 heteroatoms.